The number of carbonyl (C=O) groups excluding carboxylic acids is 1. The van der Waals surface area contributed by atoms with Crippen molar-refractivity contribution in [3.8, 4) is 0 Å². The Hall–Kier alpha value is -0.530. The van der Waals surface area contributed by atoms with E-state index >= 15 is 0 Å². The first-order valence-electron chi connectivity index (χ1n) is 9.73. The smallest absolute Gasteiger partial charge is 0.312 e. The van der Waals surface area contributed by atoms with Gasteiger partial charge in [-0.1, -0.05) is 27.7 Å². The molecule has 3 rings (SSSR count). The van der Waals surface area contributed by atoms with Gasteiger partial charge in [-0.15, -0.1) is 0 Å². The van der Waals surface area contributed by atoms with Crippen molar-refractivity contribution in [2.24, 2.45) is 34.0 Å². The molecule has 132 valence electrons. The predicted octanol–water partition coefficient (Wildman–Crippen LogP) is 5.60. The molecule has 5 atom stereocenters. The summed E-state index contributed by atoms with van der Waals surface area (Å²) in [6.45, 7) is 15.7. The molecule has 0 heterocycles. The zero-order chi connectivity index (χ0) is 17.3. The minimum atomic E-state index is -0.371. The lowest BCUT2D eigenvalue weighted by atomic mass is 9.64. The van der Waals surface area contributed by atoms with Crippen LogP contribution >= 0.6 is 0 Å². The van der Waals surface area contributed by atoms with E-state index in [1.165, 1.54) is 25.7 Å². The van der Waals surface area contributed by atoms with E-state index in [2.05, 4.69) is 34.6 Å². The number of esters is 1. The third kappa shape index (κ3) is 2.23. The number of rotatable bonds is 3. The van der Waals surface area contributed by atoms with Crippen molar-refractivity contribution in [2.75, 3.05) is 0 Å². The maximum atomic E-state index is 12.7. The number of hydrogen-bond acceptors (Lipinski definition) is 2. The molecule has 0 N–H and O–H groups in total. The van der Waals surface area contributed by atoms with Gasteiger partial charge in [-0.25, -0.2) is 0 Å². The average molecular weight is 321 g/mol. The largest absolute Gasteiger partial charge is 0.459 e. The van der Waals surface area contributed by atoms with Gasteiger partial charge in [0.2, 0.25) is 0 Å². The van der Waals surface area contributed by atoms with E-state index in [1.807, 2.05) is 13.8 Å². The molecule has 3 aliphatic rings. The lowest BCUT2D eigenvalue weighted by Gasteiger charge is -2.47. The molecule has 0 aliphatic heterocycles. The lowest BCUT2D eigenvalue weighted by molar-refractivity contribution is -0.184. The van der Waals surface area contributed by atoms with Crippen molar-refractivity contribution in [2.45, 2.75) is 92.6 Å². The predicted molar refractivity (Wildman–Crippen MR) is 94.0 cm³/mol. The van der Waals surface area contributed by atoms with E-state index < -0.39 is 0 Å². The van der Waals surface area contributed by atoms with Gasteiger partial charge in [0.15, 0.2) is 0 Å². The SMILES string of the molecule is CCC(C)(C)C(=O)OC1(C)CCC23CC1C(C)(C)C2CCC3C. The summed E-state index contributed by atoms with van der Waals surface area (Å²) in [6.07, 6.45) is 7.15. The molecule has 0 radical (unpaired) electrons. The van der Waals surface area contributed by atoms with Crippen molar-refractivity contribution in [1.29, 1.82) is 0 Å². The molecule has 3 fully saturated rings. The monoisotopic (exact) mass is 320 g/mol. The van der Waals surface area contributed by atoms with Crippen molar-refractivity contribution in [3.05, 3.63) is 0 Å². The minimum absolute atomic E-state index is 0.000595. The summed E-state index contributed by atoms with van der Waals surface area (Å²) in [5.74, 6) is 2.16. The molecule has 0 aromatic rings. The fourth-order valence-electron chi connectivity index (χ4n) is 6.47. The van der Waals surface area contributed by atoms with Gasteiger partial charge >= 0.3 is 5.97 Å². The van der Waals surface area contributed by atoms with Crippen LogP contribution in [0.3, 0.4) is 0 Å². The van der Waals surface area contributed by atoms with Gasteiger partial charge in [0.1, 0.15) is 5.60 Å². The van der Waals surface area contributed by atoms with Crippen LogP contribution in [0, 0.1) is 34.0 Å². The Labute approximate surface area is 142 Å². The van der Waals surface area contributed by atoms with E-state index in [0.717, 1.165) is 24.7 Å². The Morgan fingerprint density at radius 2 is 1.78 bits per heavy atom. The molecule has 0 aromatic carbocycles. The number of fused-ring (bicyclic) bond motifs is 1. The van der Waals surface area contributed by atoms with Gasteiger partial charge in [-0.05, 0) is 82.0 Å². The summed E-state index contributed by atoms with van der Waals surface area (Å²) in [7, 11) is 0. The summed E-state index contributed by atoms with van der Waals surface area (Å²) in [5, 5.41) is 0. The molecule has 5 unspecified atom stereocenters. The van der Waals surface area contributed by atoms with Crippen LogP contribution in [0.15, 0.2) is 0 Å². The number of ether oxygens (including phenoxy) is 1. The Bertz CT molecular complexity index is 506. The lowest BCUT2D eigenvalue weighted by Crippen LogP contribution is -2.49. The molecule has 2 bridgehead atoms. The zero-order valence-corrected chi connectivity index (χ0v) is 16.3. The van der Waals surface area contributed by atoms with Gasteiger partial charge < -0.3 is 4.74 Å². The van der Waals surface area contributed by atoms with Crippen molar-refractivity contribution in [3.63, 3.8) is 0 Å². The summed E-state index contributed by atoms with van der Waals surface area (Å²) >= 11 is 0. The van der Waals surface area contributed by atoms with E-state index in [-0.39, 0.29) is 22.4 Å². The molecule has 2 nitrogen and oxygen atoms in total. The van der Waals surface area contributed by atoms with E-state index in [0.29, 0.717) is 11.3 Å². The van der Waals surface area contributed by atoms with Gasteiger partial charge in [0.25, 0.3) is 0 Å². The van der Waals surface area contributed by atoms with Gasteiger partial charge in [-0.2, -0.15) is 0 Å². The Morgan fingerprint density at radius 1 is 1.13 bits per heavy atom. The third-order valence-corrected chi connectivity index (χ3v) is 8.53. The van der Waals surface area contributed by atoms with E-state index in [9.17, 15) is 4.79 Å². The summed E-state index contributed by atoms with van der Waals surface area (Å²) in [4.78, 5) is 12.7. The van der Waals surface area contributed by atoms with Crippen molar-refractivity contribution >= 4 is 5.97 Å². The van der Waals surface area contributed by atoms with Gasteiger partial charge in [-0.3, -0.25) is 4.79 Å². The van der Waals surface area contributed by atoms with Crippen molar-refractivity contribution in [1.82, 2.24) is 0 Å². The molecule has 3 aliphatic carbocycles. The topological polar surface area (TPSA) is 26.3 Å². The molecule has 1 spiro atoms. The highest BCUT2D eigenvalue weighted by Gasteiger charge is 2.69. The maximum absolute atomic E-state index is 12.7. The summed E-state index contributed by atoms with van der Waals surface area (Å²) in [5.41, 5.74) is 0.166. The first-order valence-corrected chi connectivity index (χ1v) is 9.73. The normalized spacial score (nSPS) is 44.9. The Kier molecular flexibility index (Phi) is 3.75. The van der Waals surface area contributed by atoms with Crippen LogP contribution in [0.1, 0.15) is 87.0 Å². The number of carbonyl (C=O) groups is 1. The Morgan fingerprint density at radius 3 is 2.39 bits per heavy atom. The van der Waals surface area contributed by atoms with Gasteiger partial charge in [0.05, 0.1) is 5.41 Å². The van der Waals surface area contributed by atoms with Crippen LogP contribution in [0.4, 0.5) is 0 Å². The third-order valence-electron chi connectivity index (χ3n) is 8.53. The fraction of sp³-hybridized carbons (Fsp3) is 0.952. The maximum Gasteiger partial charge on any atom is 0.312 e. The number of hydrogen-bond donors (Lipinski definition) is 0. The van der Waals surface area contributed by atoms with Crippen LogP contribution in [0.5, 0.6) is 0 Å². The summed E-state index contributed by atoms with van der Waals surface area (Å²) < 4.78 is 6.26. The first-order chi connectivity index (χ1) is 10.5. The molecule has 0 amide bonds. The second kappa shape index (κ2) is 4.99. The molecule has 0 saturated heterocycles. The highest BCUT2D eigenvalue weighted by atomic mass is 16.6. The molecular weight excluding hydrogens is 284 g/mol. The molecular formula is C21H36O2. The van der Waals surface area contributed by atoms with Crippen LogP contribution in [-0.4, -0.2) is 11.6 Å². The van der Waals surface area contributed by atoms with Crippen LogP contribution in [-0.2, 0) is 9.53 Å². The standard InChI is InChI=1S/C21H36O2/c1-8-18(3,4)17(22)23-20(7)11-12-21-13-16(20)19(5,6)15(21)10-9-14(21)2/h14-16H,8-13H2,1-7H3. The van der Waals surface area contributed by atoms with Crippen molar-refractivity contribution < 1.29 is 9.53 Å². The molecule has 23 heavy (non-hydrogen) atoms. The second-order valence-electron chi connectivity index (χ2n) is 10.3. The Balaban J connectivity index is 1.89. The minimum Gasteiger partial charge on any atom is -0.459 e. The molecule has 0 aromatic heterocycles. The quantitative estimate of drug-likeness (QED) is 0.633. The highest BCUT2D eigenvalue weighted by molar-refractivity contribution is 5.76. The summed E-state index contributed by atoms with van der Waals surface area (Å²) in [6, 6.07) is 0. The van der Waals surface area contributed by atoms with Crippen LogP contribution < -0.4 is 0 Å². The van der Waals surface area contributed by atoms with Gasteiger partial charge in [0, 0.05) is 5.92 Å². The molecule has 3 saturated carbocycles. The zero-order valence-electron chi connectivity index (χ0n) is 16.3. The van der Waals surface area contributed by atoms with Crippen LogP contribution in [0.2, 0.25) is 0 Å². The van der Waals surface area contributed by atoms with E-state index in [4.69, 9.17) is 4.74 Å². The van der Waals surface area contributed by atoms with Crippen LogP contribution in [0.25, 0.3) is 0 Å². The average Bonchev–Trinajstić information content (AvgIpc) is 2.89. The second-order valence-corrected chi connectivity index (χ2v) is 10.3. The fourth-order valence-corrected chi connectivity index (χ4v) is 6.47. The van der Waals surface area contributed by atoms with E-state index in [1.54, 1.807) is 0 Å². The molecule has 2 heteroatoms. The highest BCUT2D eigenvalue weighted by Crippen LogP contribution is 2.73. The first kappa shape index (κ1) is 17.3.